The molecule has 2 heterocycles. The molecule has 102 valence electrons. The van der Waals surface area contributed by atoms with E-state index >= 15 is 0 Å². The van der Waals surface area contributed by atoms with Gasteiger partial charge in [-0.05, 0) is 26.2 Å². The molecule has 0 bridgehead atoms. The first-order valence-electron chi connectivity index (χ1n) is 6.50. The molecule has 0 amide bonds. The van der Waals surface area contributed by atoms with Crippen LogP contribution in [0.4, 0.5) is 5.82 Å². The lowest BCUT2D eigenvalue weighted by Gasteiger charge is -2.09. The van der Waals surface area contributed by atoms with Crippen LogP contribution in [0.3, 0.4) is 0 Å². The van der Waals surface area contributed by atoms with Gasteiger partial charge in [0.25, 0.3) is 0 Å². The average Bonchev–Trinajstić information content (AvgIpc) is 2.67. The van der Waals surface area contributed by atoms with Crippen molar-refractivity contribution in [3.63, 3.8) is 0 Å². The van der Waals surface area contributed by atoms with E-state index in [1.54, 1.807) is 0 Å². The predicted molar refractivity (Wildman–Crippen MR) is 75.1 cm³/mol. The van der Waals surface area contributed by atoms with E-state index in [4.69, 9.17) is 4.52 Å². The molecule has 0 aliphatic rings. The molecule has 0 fully saturated rings. The summed E-state index contributed by atoms with van der Waals surface area (Å²) in [6, 6.07) is 1.99. The van der Waals surface area contributed by atoms with E-state index < -0.39 is 0 Å². The highest BCUT2D eigenvalue weighted by Crippen LogP contribution is 2.25. The summed E-state index contributed by atoms with van der Waals surface area (Å²) in [5, 5.41) is 7.04. The van der Waals surface area contributed by atoms with E-state index in [1.165, 1.54) is 0 Å². The number of nitrogens with one attached hydrogen (secondary N) is 1. The molecular formula is C14H20N4O. The minimum absolute atomic E-state index is 0.553. The molecule has 1 N–H and O–H groups in total. The van der Waals surface area contributed by atoms with Crippen LogP contribution in [-0.2, 0) is 6.42 Å². The van der Waals surface area contributed by atoms with Crippen LogP contribution in [0.1, 0.15) is 31.0 Å². The average molecular weight is 260 g/mol. The van der Waals surface area contributed by atoms with Gasteiger partial charge in [0.1, 0.15) is 11.6 Å². The molecule has 0 saturated carbocycles. The van der Waals surface area contributed by atoms with Crippen LogP contribution in [-0.4, -0.2) is 22.2 Å². The summed E-state index contributed by atoms with van der Waals surface area (Å²) >= 11 is 0. The van der Waals surface area contributed by atoms with Gasteiger partial charge < -0.3 is 9.84 Å². The molecule has 0 saturated heterocycles. The summed E-state index contributed by atoms with van der Waals surface area (Å²) in [5.74, 6) is 2.80. The van der Waals surface area contributed by atoms with Crippen LogP contribution < -0.4 is 5.32 Å². The first-order valence-corrected chi connectivity index (χ1v) is 6.50. The van der Waals surface area contributed by atoms with Gasteiger partial charge in [-0.2, -0.15) is 0 Å². The summed E-state index contributed by atoms with van der Waals surface area (Å²) < 4.78 is 5.19. The third kappa shape index (κ3) is 2.92. The minimum Gasteiger partial charge on any atom is -0.373 e. The van der Waals surface area contributed by atoms with E-state index in [-0.39, 0.29) is 0 Å². The van der Waals surface area contributed by atoms with Gasteiger partial charge in [-0.3, -0.25) is 0 Å². The Morgan fingerprint density at radius 3 is 2.53 bits per heavy atom. The van der Waals surface area contributed by atoms with Crippen LogP contribution in [0.25, 0.3) is 11.4 Å². The fourth-order valence-corrected chi connectivity index (χ4v) is 2.06. The standard InChI is InChI=1S/C14H20N4O/c1-8(2)6-11-7-12(15-5)17-14(16-11)13-9(3)18-19-10(13)4/h7-8H,6H2,1-5H3,(H,15,16,17). The van der Waals surface area contributed by atoms with Crippen molar-refractivity contribution in [2.24, 2.45) is 5.92 Å². The predicted octanol–water partition coefficient (Wildman–Crippen LogP) is 2.99. The largest absolute Gasteiger partial charge is 0.373 e. The van der Waals surface area contributed by atoms with E-state index in [9.17, 15) is 0 Å². The number of hydrogen-bond donors (Lipinski definition) is 1. The smallest absolute Gasteiger partial charge is 0.167 e. The lowest BCUT2D eigenvalue weighted by molar-refractivity contribution is 0.393. The normalized spacial score (nSPS) is 11.1. The Kier molecular flexibility index (Phi) is 3.83. The maximum Gasteiger partial charge on any atom is 0.167 e. The van der Waals surface area contributed by atoms with Gasteiger partial charge in [0.15, 0.2) is 5.82 Å². The zero-order valence-corrected chi connectivity index (χ0v) is 12.1. The van der Waals surface area contributed by atoms with Gasteiger partial charge in [0, 0.05) is 18.8 Å². The fourth-order valence-electron chi connectivity index (χ4n) is 2.06. The highest BCUT2D eigenvalue weighted by molar-refractivity contribution is 5.62. The van der Waals surface area contributed by atoms with Gasteiger partial charge in [0.2, 0.25) is 0 Å². The molecule has 2 aromatic rings. The van der Waals surface area contributed by atoms with Crippen LogP contribution >= 0.6 is 0 Å². The number of anilines is 1. The quantitative estimate of drug-likeness (QED) is 0.915. The topological polar surface area (TPSA) is 63.8 Å². The molecule has 0 atom stereocenters. The molecule has 0 unspecified atom stereocenters. The van der Waals surface area contributed by atoms with Gasteiger partial charge in [-0.1, -0.05) is 19.0 Å². The molecule has 2 rings (SSSR count). The fraction of sp³-hybridized carbons (Fsp3) is 0.500. The van der Waals surface area contributed by atoms with Crippen LogP contribution in [0.5, 0.6) is 0 Å². The molecule has 2 aromatic heterocycles. The second-order valence-corrected chi connectivity index (χ2v) is 5.12. The Morgan fingerprint density at radius 1 is 1.26 bits per heavy atom. The molecule has 0 aliphatic carbocycles. The van der Waals surface area contributed by atoms with Crippen LogP contribution in [0.2, 0.25) is 0 Å². The molecule has 19 heavy (non-hydrogen) atoms. The first-order chi connectivity index (χ1) is 9.01. The number of aryl methyl sites for hydroxylation is 2. The van der Waals surface area contributed by atoms with E-state index in [0.29, 0.717) is 11.7 Å². The number of aromatic nitrogens is 3. The summed E-state index contributed by atoms with van der Waals surface area (Å²) in [7, 11) is 1.86. The zero-order chi connectivity index (χ0) is 14.0. The van der Waals surface area contributed by atoms with Crippen molar-refractivity contribution in [1.29, 1.82) is 0 Å². The SMILES string of the molecule is CNc1cc(CC(C)C)nc(-c2c(C)noc2C)n1. The Hall–Kier alpha value is -1.91. The van der Waals surface area contributed by atoms with Crippen molar-refractivity contribution in [3.8, 4) is 11.4 Å². The van der Waals surface area contributed by atoms with Crippen molar-refractivity contribution in [3.05, 3.63) is 23.2 Å². The Morgan fingerprint density at radius 2 is 2.00 bits per heavy atom. The number of rotatable bonds is 4. The molecule has 5 nitrogen and oxygen atoms in total. The van der Waals surface area contributed by atoms with Gasteiger partial charge >= 0.3 is 0 Å². The van der Waals surface area contributed by atoms with Crippen molar-refractivity contribution < 1.29 is 4.52 Å². The van der Waals surface area contributed by atoms with E-state index in [2.05, 4.69) is 34.3 Å². The Labute approximate surface area is 113 Å². The second kappa shape index (κ2) is 5.38. The highest BCUT2D eigenvalue weighted by Gasteiger charge is 2.16. The first kappa shape index (κ1) is 13.5. The Balaban J connectivity index is 2.51. The van der Waals surface area contributed by atoms with Crippen molar-refractivity contribution in [2.75, 3.05) is 12.4 Å². The van der Waals surface area contributed by atoms with Gasteiger partial charge in [0.05, 0.1) is 11.3 Å². The molecular weight excluding hydrogens is 240 g/mol. The maximum atomic E-state index is 5.19. The zero-order valence-electron chi connectivity index (χ0n) is 12.1. The maximum absolute atomic E-state index is 5.19. The van der Waals surface area contributed by atoms with Crippen LogP contribution in [0.15, 0.2) is 10.6 Å². The van der Waals surface area contributed by atoms with Gasteiger partial charge in [-0.25, -0.2) is 9.97 Å². The summed E-state index contributed by atoms with van der Waals surface area (Å²) in [5.41, 5.74) is 2.74. The van der Waals surface area contributed by atoms with Crippen molar-refractivity contribution in [1.82, 2.24) is 15.1 Å². The summed E-state index contributed by atoms with van der Waals surface area (Å²) in [6.45, 7) is 8.14. The highest BCUT2D eigenvalue weighted by atomic mass is 16.5. The summed E-state index contributed by atoms with van der Waals surface area (Å²) in [4.78, 5) is 9.14. The third-order valence-corrected chi connectivity index (χ3v) is 2.91. The monoisotopic (exact) mass is 260 g/mol. The van der Waals surface area contributed by atoms with E-state index in [1.807, 2.05) is 27.0 Å². The molecule has 0 aliphatic heterocycles. The minimum atomic E-state index is 0.553. The lowest BCUT2D eigenvalue weighted by atomic mass is 10.1. The summed E-state index contributed by atoms with van der Waals surface area (Å²) in [6.07, 6.45) is 0.924. The Bertz CT molecular complexity index is 555. The molecule has 0 aromatic carbocycles. The molecule has 0 radical (unpaired) electrons. The lowest BCUT2D eigenvalue weighted by Crippen LogP contribution is -2.04. The molecule has 5 heteroatoms. The molecule has 0 spiro atoms. The van der Waals surface area contributed by atoms with Crippen LogP contribution in [0, 0.1) is 19.8 Å². The number of hydrogen-bond acceptors (Lipinski definition) is 5. The van der Waals surface area contributed by atoms with Crippen molar-refractivity contribution >= 4 is 5.82 Å². The third-order valence-electron chi connectivity index (χ3n) is 2.91. The van der Waals surface area contributed by atoms with Crippen molar-refractivity contribution in [2.45, 2.75) is 34.1 Å². The second-order valence-electron chi connectivity index (χ2n) is 5.12. The number of nitrogens with zero attached hydrogens (tertiary/aromatic N) is 3. The van der Waals surface area contributed by atoms with Gasteiger partial charge in [-0.15, -0.1) is 0 Å². The van der Waals surface area contributed by atoms with E-state index in [0.717, 1.165) is 35.0 Å².